The molecular formula is C15H20N2O. The number of hydrogen-bond acceptors (Lipinski definition) is 1. The minimum atomic E-state index is 0.0924. The number of unbranched alkanes of at least 4 members (excludes halogenated alkanes) is 1. The average Bonchev–Trinajstić information content (AvgIpc) is 2.73. The highest BCUT2D eigenvalue weighted by molar-refractivity contribution is 5.32. The van der Waals surface area contributed by atoms with Gasteiger partial charge in [0.05, 0.1) is 5.69 Å². The Morgan fingerprint density at radius 3 is 2.50 bits per heavy atom. The van der Waals surface area contributed by atoms with Crippen LogP contribution >= 0.6 is 0 Å². The number of aromatic amines is 1. The van der Waals surface area contributed by atoms with Crippen LogP contribution in [0.3, 0.4) is 0 Å². The first-order valence-corrected chi connectivity index (χ1v) is 6.66. The van der Waals surface area contributed by atoms with E-state index in [2.05, 4.69) is 12.0 Å². The van der Waals surface area contributed by atoms with Crippen LogP contribution in [0.2, 0.25) is 0 Å². The molecule has 0 bridgehead atoms. The van der Waals surface area contributed by atoms with Crippen LogP contribution in [0, 0.1) is 0 Å². The first-order chi connectivity index (χ1) is 8.77. The topological polar surface area (TPSA) is 37.8 Å². The van der Waals surface area contributed by atoms with E-state index in [0.29, 0.717) is 0 Å². The van der Waals surface area contributed by atoms with Crippen LogP contribution in [0.4, 0.5) is 0 Å². The highest BCUT2D eigenvalue weighted by Crippen LogP contribution is 2.10. The Bertz CT molecular complexity index is 552. The van der Waals surface area contributed by atoms with Crippen molar-refractivity contribution in [2.75, 3.05) is 0 Å². The molecule has 2 aromatic rings. The molecule has 0 saturated heterocycles. The first kappa shape index (κ1) is 12.7. The smallest absolute Gasteiger partial charge is 0.274 e. The molecule has 0 fully saturated rings. The quantitative estimate of drug-likeness (QED) is 0.862. The largest absolute Gasteiger partial charge is 0.295 e. The summed E-state index contributed by atoms with van der Waals surface area (Å²) in [6.07, 6.45) is 3.99. The van der Waals surface area contributed by atoms with Gasteiger partial charge in [-0.1, -0.05) is 38.5 Å². The predicted molar refractivity (Wildman–Crippen MR) is 74.4 cm³/mol. The van der Waals surface area contributed by atoms with Crippen molar-refractivity contribution in [1.29, 1.82) is 0 Å². The summed E-state index contributed by atoms with van der Waals surface area (Å²) in [7, 11) is 0. The van der Waals surface area contributed by atoms with Crippen molar-refractivity contribution in [2.45, 2.75) is 39.5 Å². The van der Waals surface area contributed by atoms with Gasteiger partial charge in [0.25, 0.3) is 5.56 Å². The van der Waals surface area contributed by atoms with Crippen molar-refractivity contribution in [1.82, 2.24) is 9.78 Å². The Kier molecular flexibility index (Phi) is 4.03. The van der Waals surface area contributed by atoms with Gasteiger partial charge in [0.1, 0.15) is 0 Å². The lowest BCUT2D eigenvalue weighted by Gasteiger charge is -2.01. The molecule has 3 nitrogen and oxygen atoms in total. The maximum atomic E-state index is 12.3. The Morgan fingerprint density at radius 1 is 1.17 bits per heavy atom. The number of benzene rings is 1. The minimum Gasteiger partial charge on any atom is -0.295 e. The zero-order valence-electron chi connectivity index (χ0n) is 11.1. The zero-order chi connectivity index (χ0) is 13.0. The fourth-order valence-electron chi connectivity index (χ4n) is 2.20. The van der Waals surface area contributed by atoms with Crippen LogP contribution < -0.4 is 5.56 Å². The average molecular weight is 244 g/mol. The molecule has 1 heterocycles. The lowest BCUT2D eigenvalue weighted by atomic mass is 10.1. The lowest BCUT2D eigenvalue weighted by molar-refractivity contribution is 0.745. The number of nitrogens with one attached hydrogen (secondary N) is 1. The molecule has 3 heteroatoms. The summed E-state index contributed by atoms with van der Waals surface area (Å²) in [4.78, 5) is 12.3. The zero-order valence-corrected chi connectivity index (χ0v) is 11.1. The number of rotatable bonds is 5. The molecule has 0 unspecified atom stereocenters. The summed E-state index contributed by atoms with van der Waals surface area (Å²) in [6.45, 7) is 4.20. The Balaban J connectivity index is 2.44. The van der Waals surface area contributed by atoms with Gasteiger partial charge in [0.15, 0.2) is 0 Å². The molecule has 0 amide bonds. The summed E-state index contributed by atoms with van der Waals surface area (Å²) in [5, 5.41) is 3.26. The molecule has 1 aromatic carbocycles. The molecule has 0 aliphatic rings. The van der Waals surface area contributed by atoms with Gasteiger partial charge in [-0.25, -0.2) is 4.68 Å². The molecule has 0 spiro atoms. The Hall–Kier alpha value is -1.77. The van der Waals surface area contributed by atoms with Crippen molar-refractivity contribution in [3.05, 3.63) is 51.9 Å². The number of aromatic nitrogens is 2. The molecule has 18 heavy (non-hydrogen) atoms. The second-order valence-electron chi connectivity index (χ2n) is 4.50. The van der Waals surface area contributed by atoms with E-state index in [4.69, 9.17) is 0 Å². The van der Waals surface area contributed by atoms with Gasteiger partial charge >= 0.3 is 0 Å². The van der Waals surface area contributed by atoms with Crippen molar-refractivity contribution in [2.24, 2.45) is 0 Å². The first-order valence-electron chi connectivity index (χ1n) is 6.66. The van der Waals surface area contributed by atoms with Crippen LogP contribution in [0.15, 0.2) is 35.1 Å². The number of H-pyrrole nitrogens is 1. The fourth-order valence-corrected chi connectivity index (χ4v) is 2.20. The number of para-hydroxylation sites is 1. The Morgan fingerprint density at radius 2 is 1.89 bits per heavy atom. The molecule has 2 rings (SSSR count). The van der Waals surface area contributed by atoms with Crippen molar-refractivity contribution < 1.29 is 0 Å². The third-order valence-corrected chi connectivity index (χ3v) is 3.22. The SMILES string of the molecule is CCCCc1[nH]n(-c2ccccc2)c(=O)c1CC. The molecule has 0 radical (unpaired) electrons. The summed E-state index contributed by atoms with van der Waals surface area (Å²) in [6, 6.07) is 9.73. The minimum absolute atomic E-state index is 0.0924. The van der Waals surface area contributed by atoms with Crippen LogP contribution in [0.5, 0.6) is 0 Å². The van der Waals surface area contributed by atoms with Crippen LogP contribution in [-0.4, -0.2) is 9.78 Å². The van der Waals surface area contributed by atoms with Crippen LogP contribution in [-0.2, 0) is 12.8 Å². The molecule has 0 aliphatic heterocycles. The standard InChI is InChI=1S/C15H20N2O/c1-3-5-11-14-13(4-2)15(18)17(16-14)12-9-7-6-8-10-12/h6-10,16H,3-5,11H2,1-2H3. The van der Waals surface area contributed by atoms with Crippen LogP contribution in [0.25, 0.3) is 5.69 Å². The van der Waals surface area contributed by atoms with Gasteiger partial charge in [0, 0.05) is 11.3 Å². The van der Waals surface area contributed by atoms with Crippen LogP contribution in [0.1, 0.15) is 37.9 Å². The fraction of sp³-hybridized carbons (Fsp3) is 0.400. The molecule has 1 N–H and O–H groups in total. The van der Waals surface area contributed by atoms with Crippen molar-refractivity contribution >= 4 is 0 Å². The summed E-state index contributed by atoms with van der Waals surface area (Å²) in [5.74, 6) is 0. The third-order valence-electron chi connectivity index (χ3n) is 3.22. The van der Waals surface area contributed by atoms with E-state index in [1.165, 1.54) is 0 Å². The summed E-state index contributed by atoms with van der Waals surface area (Å²) in [5.41, 5.74) is 3.01. The van der Waals surface area contributed by atoms with E-state index in [9.17, 15) is 4.79 Å². The van der Waals surface area contributed by atoms with Crippen molar-refractivity contribution in [3.8, 4) is 5.69 Å². The van der Waals surface area contributed by atoms with Gasteiger partial charge in [-0.3, -0.25) is 9.89 Å². The van der Waals surface area contributed by atoms with Gasteiger partial charge in [-0.2, -0.15) is 0 Å². The van der Waals surface area contributed by atoms with Gasteiger partial charge in [-0.15, -0.1) is 0 Å². The van der Waals surface area contributed by atoms with E-state index in [1.807, 2.05) is 37.3 Å². The molecule has 96 valence electrons. The predicted octanol–water partition coefficient (Wildman–Crippen LogP) is 3.07. The van der Waals surface area contributed by atoms with E-state index in [0.717, 1.165) is 42.6 Å². The van der Waals surface area contributed by atoms with Gasteiger partial charge in [0.2, 0.25) is 0 Å². The van der Waals surface area contributed by atoms with Crippen molar-refractivity contribution in [3.63, 3.8) is 0 Å². The van der Waals surface area contributed by atoms with E-state index in [1.54, 1.807) is 4.68 Å². The van der Waals surface area contributed by atoms with Gasteiger partial charge < -0.3 is 0 Å². The number of aryl methyl sites for hydroxylation is 1. The molecule has 0 atom stereocenters. The maximum absolute atomic E-state index is 12.3. The Labute approximate surface area is 107 Å². The summed E-state index contributed by atoms with van der Waals surface area (Å²) >= 11 is 0. The van der Waals surface area contributed by atoms with E-state index in [-0.39, 0.29) is 5.56 Å². The molecular weight excluding hydrogens is 224 g/mol. The highest BCUT2D eigenvalue weighted by Gasteiger charge is 2.12. The van der Waals surface area contributed by atoms with Gasteiger partial charge in [-0.05, 0) is 31.4 Å². The monoisotopic (exact) mass is 244 g/mol. The third kappa shape index (κ3) is 2.40. The molecule has 0 saturated carbocycles. The van der Waals surface area contributed by atoms with E-state index < -0.39 is 0 Å². The number of hydrogen-bond donors (Lipinski definition) is 1. The van der Waals surface area contributed by atoms with E-state index >= 15 is 0 Å². The molecule has 1 aromatic heterocycles. The summed E-state index contributed by atoms with van der Waals surface area (Å²) < 4.78 is 1.66. The second-order valence-corrected chi connectivity index (χ2v) is 4.50. The lowest BCUT2D eigenvalue weighted by Crippen LogP contribution is -2.16. The normalized spacial score (nSPS) is 10.8. The maximum Gasteiger partial charge on any atom is 0.274 e. The highest BCUT2D eigenvalue weighted by atomic mass is 16.1. The number of nitrogens with zero attached hydrogens (tertiary/aromatic N) is 1. The molecule has 0 aliphatic carbocycles. The second kappa shape index (κ2) is 5.71.